The summed E-state index contributed by atoms with van der Waals surface area (Å²) >= 11 is 0. The number of benzene rings is 2. The number of aryl methyl sites for hydroxylation is 1. The molecule has 0 aromatic heterocycles. The molecule has 1 saturated heterocycles. The molecule has 1 fully saturated rings. The van der Waals surface area contributed by atoms with Crippen molar-refractivity contribution in [3.63, 3.8) is 0 Å². The van der Waals surface area contributed by atoms with Crippen LogP contribution in [0.2, 0.25) is 0 Å². The van der Waals surface area contributed by atoms with Crippen LogP contribution in [-0.4, -0.2) is 49.9 Å². The van der Waals surface area contributed by atoms with E-state index in [2.05, 4.69) is 11.0 Å². The summed E-state index contributed by atoms with van der Waals surface area (Å²) in [6.45, 7) is 2.52. The third-order valence-electron chi connectivity index (χ3n) is 5.44. The first-order valence-electron chi connectivity index (χ1n) is 9.23. The summed E-state index contributed by atoms with van der Waals surface area (Å²) in [5.41, 5.74) is 3.39. The Bertz CT molecular complexity index is 891. The van der Waals surface area contributed by atoms with Crippen molar-refractivity contribution in [2.24, 2.45) is 0 Å². The van der Waals surface area contributed by atoms with Crippen molar-refractivity contribution in [1.82, 2.24) is 4.90 Å². The van der Waals surface area contributed by atoms with Crippen LogP contribution in [0.1, 0.15) is 22.3 Å². The molecule has 2 heterocycles. The quantitative estimate of drug-likeness (QED) is 0.820. The van der Waals surface area contributed by atoms with E-state index in [1.54, 1.807) is 21.9 Å². The van der Waals surface area contributed by atoms with Gasteiger partial charge >= 0.3 is 0 Å². The number of rotatable bonds is 2. The second kappa shape index (κ2) is 7.02. The minimum atomic E-state index is -0.474. The highest BCUT2D eigenvalue weighted by Gasteiger charge is 2.26. The Kier molecular flexibility index (Phi) is 4.56. The van der Waals surface area contributed by atoms with Crippen LogP contribution in [-0.2, 0) is 11.2 Å². The van der Waals surface area contributed by atoms with Gasteiger partial charge in [-0.1, -0.05) is 12.1 Å². The molecule has 140 valence electrons. The van der Waals surface area contributed by atoms with Gasteiger partial charge in [-0.3, -0.25) is 9.59 Å². The average Bonchev–Trinajstić information content (AvgIpc) is 2.70. The number of fused-ring (bicyclic) bond motifs is 1. The predicted molar refractivity (Wildman–Crippen MR) is 103 cm³/mol. The van der Waals surface area contributed by atoms with E-state index < -0.39 is 5.82 Å². The van der Waals surface area contributed by atoms with E-state index in [4.69, 9.17) is 0 Å². The number of carbonyl (C=O) groups is 2. The second-order valence-electron chi connectivity index (χ2n) is 7.02. The molecular weight excluding hydrogens is 345 g/mol. The SMILES string of the molecule is CN1C(=O)CCc2cc(N3CCN(C(=O)c4ccccc4F)CC3)ccc21. The number of carbonyl (C=O) groups excluding carboxylic acids is 2. The van der Waals surface area contributed by atoms with Gasteiger partial charge in [-0.2, -0.15) is 0 Å². The molecule has 0 spiro atoms. The van der Waals surface area contributed by atoms with E-state index in [0.717, 1.165) is 17.8 Å². The zero-order chi connectivity index (χ0) is 19.0. The third-order valence-corrected chi connectivity index (χ3v) is 5.44. The number of amides is 2. The molecule has 0 aliphatic carbocycles. The Balaban J connectivity index is 1.45. The maximum atomic E-state index is 13.9. The van der Waals surface area contributed by atoms with E-state index in [9.17, 15) is 14.0 Å². The zero-order valence-corrected chi connectivity index (χ0v) is 15.3. The van der Waals surface area contributed by atoms with E-state index in [1.807, 2.05) is 19.2 Å². The van der Waals surface area contributed by atoms with Crippen LogP contribution in [0, 0.1) is 5.82 Å². The maximum Gasteiger partial charge on any atom is 0.256 e. The van der Waals surface area contributed by atoms with Crippen LogP contribution in [0.25, 0.3) is 0 Å². The zero-order valence-electron chi connectivity index (χ0n) is 15.3. The fourth-order valence-corrected chi connectivity index (χ4v) is 3.81. The second-order valence-corrected chi connectivity index (χ2v) is 7.02. The van der Waals surface area contributed by atoms with Gasteiger partial charge in [0.25, 0.3) is 5.91 Å². The smallest absolute Gasteiger partial charge is 0.256 e. The first kappa shape index (κ1) is 17.5. The predicted octanol–water partition coefficient (Wildman–Crippen LogP) is 2.70. The normalized spacial score (nSPS) is 17.1. The van der Waals surface area contributed by atoms with Crippen LogP contribution in [0.3, 0.4) is 0 Å². The van der Waals surface area contributed by atoms with Crippen LogP contribution in [0.15, 0.2) is 42.5 Å². The molecule has 27 heavy (non-hydrogen) atoms. The number of hydrogen-bond acceptors (Lipinski definition) is 3. The molecule has 0 bridgehead atoms. The first-order chi connectivity index (χ1) is 13.0. The highest BCUT2D eigenvalue weighted by Crippen LogP contribution is 2.31. The van der Waals surface area contributed by atoms with E-state index in [1.165, 1.54) is 17.7 Å². The molecule has 2 amide bonds. The number of halogens is 1. The highest BCUT2D eigenvalue weighted by atomic mass is 19.1. The molecule has 5 nitrogen and oxygen atoms in total. The first-order valence-corrected chi connectivity index (χ1v) is 9.23. The van der Waals surface area contributed by atoms with Gasteiger partial charge in [-0.25, -0.2) is 4.39 Å². The Hall–Kier alpha value is -2.89. The highest BCUT2D eigenvalue weighted by molar-refractivity contribution is 5.96. The number of anilines is 2. The van der Waals surface area contributed by atoms with Crippen molar-refractivity contribution in [2.75, 3.05) is 43.0 Å². The van der Waals surface area contributed by atoms with Gasteiger partial charge in [0, 0.05) is 51.0 Å². The Morgan fingerprint density at radius 3 is 2.48 bits per heavy atom. The summed E-state index contributed by atoms with van der Waals surface area (Å²) in [6, 6.07) is 12.3. The lowest BCUT2D eigenvalue weighted by atomic mass is 10.0. The van der Waals surface area contributed by atoms with Gasteiger partial charge < -0.3 is 14.7 Å². The average molecular weight is 367 g/mol. The van der Waals surface area contributed by atoms with Crippen molar-refractivity contribution in [3.8, 4) is 0 Å². The van der Waals surface area contributed by atoms with Gasteiger partial charge in [0.1, 0.15) is 5.82 Å². The van der Waals surface area contributed by atoms with Crippen LogP contribution in [0.5, 0.6) is 0 Å². The lowest BCUT2D eigenvalue weighted by molar-refractivity contribution is -0.118. The molecule has 0 atom stereocenters. The molecule has 6 heteroatoms. The van der Waals surface area contributed by atoms with Crippen molar-refractivity contribution < 1.29 is 14.0 Å². The summed E-state index contributed by atoms with van der Waals surface area (Å²) in [5.74, 6) is -0.577. The summed E-state index contributed by atoms with van der Waals surface area (Å²) in [6.07, 6.45) is 1.30. The van der Waals surface area contributed by atoms with E-state index in [0.29, 0.717) is 32.6 Å². The molecule has 2 aromatic rings. The molecular formula is C21H22FN3O2. The van der Waals surface area contributed by atoms with Gasteiger partial charge in [0.05, 0.1) is 5.56 Å². The molecule has 0 saturated carbocycles. The minimum absolute atomic E-state index is 0.132. The van der Waals surface area contributed by atoms with Crippen LogP contribution in [0.4, 0.5) is 15.8 Å². The van der Waals surface area contributed by atoms with Crippen molar-refractivity contribution >= 4 is 23.2 Å². The lowest BCUT2D eigenvalue weighted by Crippen LogP contribution is -2.49. The van der Waals surface area contributed by atoms with E-state index >= 15 is 0 Å². The summed E-state index contributed by atoms with van der Waals surface area (Å²) in [7, 11) is 1.81. The molecule has 0 N–H and O–H groups in total. The molecule has 0 unspecified atom stereocenters. The van der Waals surface area contributed by atoms with Crippen molar-refractivity contribution in [2.45, 2.75) is 12.8 Å². The van der Waals surface area contributed by atoms with Crippen molar-refractivity contribution in [1.29, 1.82) is 0 Å². The Morgan fingerprint density at radius 1 is 1.00 bits per heavy atom. The molecule has 0 radical (unpaired) electrons. The molecule has 2 aromatic carbocycles. The lowest BCUT2D eigenvalue weighted by Gasteiger charge is -2.37. The summed E-state index contributed by atoms with van der Waals surface area (Å²) < 4.78 is 13.9. The van der Waals surface area contributed by atoms with Gasteiger partial charge in [-0.15, -0.1) is 0 Å². The summed E-state index contributed by atoms with van der Waals surface area (Å²) in [4.78, 5) is 30.0. The maximum absolute atomic E-state index is 13.9. The standard InChI is InChI=1S/C21H22FN3O2/c1-23-19-8-7-16(14-15(19)6-9-20(23)26)24-10-12-25(13-11-24)21(27)17-4-2-3-5-18(17)22/h2-5,7-8,14H,6,9-13H2,1H3. The topological polar surface area (TPSA) is 43.9 Å². The molecule has 2 aliphatic rings. The number of nitrogens with zero attached hydrogens (tertiary/aromatic N) is 3. The molecule has 2 aliphatic heterocycles. The van der Waals surface area contributed by atoms with Gasteiger partial charge in [0.2, 0.25) is 5.91 Å². The number of piperazine rings is 1. The third kappa shape index (κ3) is 3.27. The largest absolute Gasteiger partial charge is 0.368 e. The molecule has 4 rings (SSSR count). The fraction of sp³-hybridized carbons (Fsp3) is 0.333. The monoisotopic (exact) mass is 367 g/mol. The van der Waals surface area contributed by atoms with Crippen molar-refractivity contribution in [3.05, 3.63) is 59.4 Å². The summed E-state index contributed by atoms with van der Waals surface area (Å²) in [5, 5.41) is 0. The Labute approximate surface area is 158 Å². The van der Waals surface area contributed by atoms with Gasteiger partial charge in [-0.05, 0) is 42.3 Å². The van der Waals surface area contributed by atoms with E-state index in [-0.39, 0.29) is 17.4 Å². The fourth-order valence-electron chi connectivity index (χ4n) is 3.81. The Morgan fingerprint density at radius 2 is 1.74 bits per heavy atom. The number of hydrogen-bond donors (Lipinski definition) is 0. The minimum Gasteiger partial charge on any atom is -0.368 e. The van der Waals surface area contributed by atoms with Crippen LogP contribution >= 0.6 is 0 Å². The van der Waals surface area contributed by atoms with Gasteiger partial charge in [0.15, 0.2) is 0 Å². The van der Waals surface area contributed by atoms with Crippen LogP contribution < -0.4 is 9.80 Å².